The molecule has 9 heteroatoms. The van der Waals surface area contributed by atoms with E-state index in [1.54, 1.807) is 0 Å². The van der Waals surface area contributed by atoms with Crippen LogP contribution >= 0.6 is 11.6 Å². The first-order valence-electron chi connectivity index (χ1n) is 4.41. The highest BCUT2D eigenvalue weighted by molar-refractivity contribution is 7.90. The van der Waals surface area contributed by atoms with Gasteiger partial charge in [-0.25, -0.2) is 26.3 Å². The minimum Gasteiger partial charge on any atom is -0.214 e. The van der Waals surface area contributed by atoms with E-state index in [9.17, 15) is 16.8 Å². The van der Waals surface area contributed by atoms with Crippen LogP contribution in [0.5, 0.6) is 0 Å². The van der Waals surface area contributed by atoms with Crippen molar-refractivity contribution < 1.29 is 16.8 Å². The first-order valence-corrected chi connectivity index (χ1v) is 7.75. The van der Waals surface area contributed by atoms with Crippen molar-refractivity contribution in [3.05, 3.63) is 23.2 Å². The Morgan fingerprint density at radius 1 is 1.00 bits per heavy atom. The first kappa shape index (κ1) is 14.4. The predicted octanol–water partition coefficient (Wildman–Crippen LogP) is 0.156. The number of nitrogens with one attached hydrogen (secondary N) is 2. The molecule has 0 spiro atoms. The highest BCUT2D eigenvalue weighted by atomic mass is 35.5. The van der Waals surface area contributed by atoms with Crippen LogP contribution in [-0.4, -0.2) is 30.9 Å². The Bertz CT molecular complexity index is 625. The van der Waals surface area contributed by atoms with Crippen LogP contribution in [0, 0.1) is 0 Å². The molecule has 0 amide bonds. The summed E-state index contributed by atoms with van der Waals surface area (Å²) in [7, 11) is -4.84. The van der Waals surface area contributed by atoms with E-state index in [0.717, 1.165) is 12.1 Å². The molecule has 0 bridgehead atoms. The topological polar surface area (TPSA) is 92.3 Å². The Morgan fingerprint density at radius 2 is 1.53 bits per heavy atom. The quantitative estimate of drug-likeness (QED) is 0.828. The molecule has 17 heavy (non-hydrogen) atoms. The average molecular weight is 299 g/mol. The van der Waals surface area contributed by atoms with Crippen molar-refractivity contribution in [1.82, 2.24) is 9.44 Å². The van der Waals surface area contributed by atoms with Crippen molar-refractivity contribution in [1.29, 1.82) is 0 Å². The van der Waals surface area contributed by atoms with Crippen LogP contribution in [0.1, 0.15) is 0 Å². The van der Waals surface area contributed by atoms with Gasteiger partial charge in [0.2, 0.25) is 20.0 Å². The second-order valence-electron chi connectivity index (χ2n) is 3.01. The maximum Gasteiger partial charge on any atom is 0.241 e. The van der Waals surface area contributed by atoms with E-state index in [2.05, 4.69) is 9.44 Å². The zero-order valence-electron chi connectivity index (χ0n) is 9.06. The van der Waals surface area contributed by atoms with Crippen LogP contribution in [0.2, 0.25) is 5.02 Å². The normalized spacial score (nSPS) is 12.6. The lowest BCUT2D eigenvalue weighted by atomic mass is 10.4. The van der Waals surface area contributed by atoms with E-state index in [-0.39, 0.29) is 14.8 Å². The summed E-state index contributed by atoms with van der Waals surface area (Å²) in [4.78, 5) is -0.267. The maximum absolute atomic E-state index is 11.5. The summed E-state index contributed by atoms with van der Waals surface area (Å²) in [5, 5.41) is -0.157. The van der Waals surface area contributed by atoms with Gasteiger partial charge >= 0.3 is 0 Å². The molecule has 6 nitrogen and oxygen atoms in total. The molecule has 0 radical (unpaired) electrons. The lowest BCUT2D eigenvalue weighted by Gasteiger charge is -2.07. The molecule has 0 aromatic heterocycles. The van der Waals surface area contributed by atoms with Crippen LogP contribution in [0.4, 0.5) is 0 Å². The summed E-state index contributed by atoms with van der Waals surface area (Å²) in [5.74, 6) is 0. The molecule has 0 aliphatic heterocycles. The smallest absolute Gasteiger partial charge is 0.214 e. The molecular weight excluding hydrogens is 288 g/mol. The Balaban J connectivity index is 3.40. The summed E-state index contributed by atoms with van der Waals surface area (Å²) in [6, 6.07) is 3.39. The summed E-state index contributed by atoms with van der Waals surface area (Å²) in [6.07, 6.45) is 0. The third-order valence-electron chi connectivity index (χ3n) is 2.04. The molecule has 0 saturated heterocycles. The molecule has 0 heterocycles. The minimum absolute atomic E-state index is 0.0972. The fraction of sp³-hybridized carbons (Fsp3) is 0.250. The number of hydrogen-bond donors (Lipinski definition) is 2. The third-order valence-corrected chi connectivity index (χ3v) is 5.35. The van der Waals surface area contributed by atoms with Crippen LogP contribution < -0.4 is 9.44 Å². The predicted molar refractivity (Wildman–Crippen MR) is 63.9 cm³/mol. The number of sulfonamides is 2. The molecule has 1 rings (SSSR count). The SMILES string of the molecule is CNS(=O)(=O)c1ccc(S(=O)(=O)NC)c(Cl)c1. The largest absolute Gasteiger partial charge is 0.241 e. The number of hydrogen-bond acceptors (Lipinski definition) is 4. The standard InChI is InChI=1S/C8H11ClN2O4S2/c1-10-16(12,13)6-3-4-8(7(9)5-6)17(14,15)11-2/h3-5,10-11H,1-2H3. The van der Waals surface area contributed by atoms with Gasteiger partial charge in [-0.1, -0.05) is 11.6 Å². The Kier molecular flexibility index (Phi) is 4.15. The zero-order chi connectivity index (χ0) is 13.3. The fourth-order valence-electron chi connectivity index (χ4n) is 1.09. The van der Waals surface area contributed by atoms with Gasteiger partial charge in [-0.3, -0.25) is 0 Å². The summed E-state index contributed by atoms with van der Waals surface area (Å²) in [6.45, 7) is 0. The van der Waals surface area contributed by atoms with Gasteiger partial charge < -0.3 is 0 Å². The molecule has 1 aromatic carbocycles. The van der Waals surface area contributed by atoms with Gasteiger partial charge in [-0.15, -0.1) is 0 Å². The number of rotatable bonds is 4. The molecule has 0 aliphatic rings. The fourth-order valence-corrected chi connectivity index (χ4v) is 3.18. The molecule has 1 aromatic rings. The van der Waals surface area contributed by atoms with Crippen molar-refractivity contribution in [2.24, 2.45) is 0 Å². The Morgan fingerprint density at radius 3 is 1.94 bits per heavy atom. The van der Waals surface area contributed by atoms with Gasteiger partial charge in [0.1, 0.15) is 4.90 Å². The lowest BCUT2D eigenvalue weighted by Crippen LogP contribution is -2.21. The van der Waals surface area contributed by atoms with Gasteiger partial charge in [0.25, 0.3) is 0 Å². The van der Waals surface area contributed by atoms with E-state index in [0.29, 0.717) is 0 Å². The Labute approximate surface area is 105 Å². The van der Waals surface area contributed by atoms with Gasteiger partial charge in [0.05, 0.1) is 9.92 Å². The molecule has 0 fully saturated rings. The average Bonchev–Trinajstić information content (AvgIpc) is 2.28. The highest BCUT2D eigenvalue weighted by Gasteiger charge is 2.19. The Hall–Kier alpha value is -0.670. The number of benzene rings is 1. The van der Waals surface area contributed by atoms with E-state index in [1.807, 2.05) is 0 Å². The van der Waals surface area contributed by atoms with Crippen LogP contribution in [-0.2, 0) is 20.0 Å². The van der Waals surface area contributed by atoms with Crippen LogP contribution in [0.25, 0.3) is 0 Å². The maximum atomic E-state index is 11.5. The number of halogens is 1. The first-order chi connectivity index (χ1) is 7.74. The molecule has 96 valence electrons. The van der Waals surface area contributed by atoms with Gasteiger partial charge in [0, 0.05) is 0 Å². The second kappa shape index (κ2) is 4.91. The molecule has 0 saturated carbocycles. The monoisotopic (exact) mass is 298 g/mol. The molecule has 0 aliphatic carbocycles. The molecule has 0 atom stereocenters. The summed E-state index contributed by atoms with van der Waals surface area (Å²) in [5.41, 5.74) is 0. The lowest BCUT2D eigenvalue weighted by molar-refractivity contribution is 0.584. The van der Waals surface area contributed by atoms with Crippen molar-refractivity contribution >= 4 is 31.6 Å². The van der Waals surface area contributed by atoms with E-state index in [4.69, 9.17) is 11.6 Å². The van der Waals surface area contributed by atoms with Gasteiger partial charge in [-0.05, 0) is 32.3 Å². The molecule has 0 unspecified atom stereocenters. The van der Waals surface area contributed by atoms with Crippen molar-refractivity contribution in [3.8, 4) is 0 Å². The molecular formula is C8H11ClN2O4S2. The van der Waals surface area contributed by atoms with Crippen molar-refractivity contribution in [3.63, 3.8) is 0 Å². The minimum atomic E-state index is -3.70. The molecule has 2 N–H and O–H groups in total. The van der Waals surface area contributed by atoms with E-state index < -0.39 is 20.0 Å². The van der Waals surface area contributed by atoms with E-state index in [1.165, 1.54) is 20.2 Å². The zero-order valence-corrected chi connectivity index (χ0v) is 11.4. The highest BCUT2D eigenvalue weighted by Crippen LogP contribution is 2.24. The summed E-state index contributed by atoms with van der Waals surface area (Å²) >= 11 is 5.74. The van der Waals surface area contributed by atoms with Crippen molar-refractivity contribution in [2.45, 2.75) is 9.79 Å². The van der Waals surface area contributed by atoms with Crippen LogP contribution in [0.3, 0.4) is 0 Å². The third kappa shape index (κ3) is 2.96. The second-order valence-corrected chi connectivity index (χ2v) is 7.16. The summed E-state index contributed by atoms with van der Waals surface area (Å²) < 4.78 is 50.1. The van der Waals surface area contributed by atoms with Crippen molar-refractivity contribution in [2.75, 3.05) is 14.1 Å². The van der Waals surface area contributed by atoms with Gasteiger partial charge in [0.15, 0.2) is 0 Å². The van der Waals surface area contributed by atoms with Gasteiger partial charge in [-0.2, -0.15) is 0 Å². The van der Waals surface area contributed by atoms with E-state index >= 15 is 0 Å². The van der Waals surface area contributed by atoms with Crippen LogP contribution in [0.15, 0.2) is 28.0 Å².